The van der Waals surface area contributed by atoms with Gasteiger partial charge in [0.1, 0.15) is 0 Å². The van der Waals surface area contributed by atoms with E-state index in [0.29, 0.717) is 0 Å². The van der Waals surface area contributed by atoms with Crippen LogP contribution in [0.2, 0.25) is 0 Å². The van der Waals surface area contributed by atoms with E-state index in [1.165, 1.54) is 10.3 Å². The number of nitrogens with zero attached hydrogens (tertiary/aromatic N) is 1. The first kappa shape index (κ1) is 23.7. The number of hydrogen-bond acceptors (Lipinski definition) is 1. The summed E-state index contributed by atoms with van der Waals surface area (Å²) in [6.45, 7) is 0. The summed E-state index contributed by atoms with van der Waals surface area (Å²) in [7, 11) is 6.00. The second kappa shape index (κ2) is 15.5. The molecule has 0 atom stereocenters. The zero-order chi connectivity index (χ0) is 7.98. The van der Waals surface area contributed by atoms with Crippen LogP contribution in [0, 0.1) is 0 Å². The van der Waals surface area contributed by atoms with Gasteiger partial charge in [-0.2, -0.15) is 0 Å². The van der Waals surface area contributed by atoms with Gasteiger partial charge in [0.2, 0.25) is 0 Å². The van der Waals surface area contributed by atoms with Gasteiger partial charge >= 0.3 is 49.0 Å². The topological polar surface area (TPSA) is 3.24 Å². The van der Waals surface area contributed by atoms with Crippen molar-refractivity contribution in [1.82, 2.24) is 4.90 Å². The first-order valence-corrected chi connectivity index (χ1v) is 4.09. The molecule has 0 aromatic rings. The van der Waals surface area contributed by atoms with Gasteiger partial charge in [-0.05, 0) is 21.1 Å². The summed E-state index contributed by atoms with van der Waals surface area (Å²) in [6.07, 6.45) is 7.56. The van der Waals surface area contributed by atoms with Gasteiger partial charge in [0.15, 0.2) is 0 Å². The molecule has 0 aromatic heterocycles. The molecule has 0 saturated carbocycles. The molecule has 0 fully saturated rings. The Hall–Kier alpha value is 1.02. The molecule has 0 bridgehead atoms. The monoisotopic (exact) mass is 280 g/mol. The predicted octanol–water partition coefficient (Wildman–Crippen LogP) is 2.82. The van der Waals surface area contributed by atoms with Crippen molar-refractivity contribution >= 4 is 37.2 Å². The van der Waals surface area contributed by atoms with Crippen molar-refractivity contribution in [2.75, 3.05) is 21.1 Å². The summed E-state index contributed by atoms with van der Waals surface area (Å²) < 4.78 is 1.47. The van der Waals surface area contributed by atoms with Crippen LogP contribution in [0.15, 0.2) is 22.1 Å². The summed E-state index contributed by atoms with van der Waals surface area (Å²) in [5.41, 5.74) is 0. The first-order chi connectivity index (χ1) is 4.63. The van der Waals surface area contributed by atoms with Crippen molar-refractivity contribution in [3.63, 3.8) is 0 Å². The maximum absolute atomic E-state index is 2.16. The Morgan fingerprint density at radius 3 is 1.62 bits per heavy atom. The Labute approximate surface area is 112 Å². The van der Waals surface area contributed by atoms with Crippen molar-refractivity contribution in [2.45, 2.75) is 6.42 Å². The third-order valence-electron chi connectivity index (χ3n) is 0.771. The van der Waals surface area contributed by atoms with E-state index in [1.54, 1.807) is 0 Å². The second-order valence-electron chi connectivity index (χ2n) is 2.67. The molecule has 0 unspecified atom stereocenters. The second-order valence-corrected chi connectivity index (χ2v) is 3.67. The van der Waals surface area contributed by atoms with E-state index in [0.717, 1.165) is 0 Å². The van der Waals surface area contributed by atoms with Crippen LogP contribution in [0.3, 0.4) is 0 Å². The summed E-state index contributed by atoms with van der Waals surface area (Å²) in [5.74, 6) is 0. The molecule has 0 radical (unpaired) electrons. The standard InChI is InChI=1S/C5H5.C3H9N.3ClH.Ti/c1-2-4-5-3-1;1-4(2)3;;;;/h1-3H,4H2;1-3H3;3*1H;. The molecule has 0 spiro atoms. The third-order valence-corrected chi connectivity index (χ3v) is 1.35. The van der Waals surface area contributed by atoms with E-state index in [1.807, 2.05) is 26.0 Å². The van der Waals surface area contributed by atoms with E-state index < -0.39 is 0 Å². The van der Waals surface area contributed by atoms with Crippen LogP contribution in [0.1, 0.15) is 6.42 Å². The van der Waals surface area contributed by atoms with Crippen LogP contribution in [-0.4, -0.2) is 26.0 Å². The molecule has 5 heteroatoms. The fourth-order valence-electron chi connectivity index (χ4n) is 0.447. The minimum atomic E-state index is 0. The number of hydrogen-bond donors (Lipinski definition) is 0. The molecule has 0 aromatic carbocycles. The Kier molecular flexibility index (Phi) is 28.2. The van der Waals surface area contributed by atoms with E-state index in [4.69, 9.17) is 0 Å². The molecule has 0 heterocycles. The van der Waals surface area contributed by atoms with Gasteiger partial charge < -0.3 is 4.90 Å². The van der Waals surface area contributed by atoms with Crippen molar-refractivity contribution < 1.29 is 20.4 Å². The molecule has 1 aliphatic carbocycles. The van der Waals surface area contributed by atoms with Crippen molar-refractivity contribution in [3.05, 3.63) is 22.1 Å². The predicted molar refractivity (Wildman–Crippen MR) is 63.2 cm³/mol. The van der Waals surface area contributed by atoms with Crippen LogP contribution in [-0.2, 0) is 20.4 Å². The Morgan fingerprint density at radius 2 is 1.54 bits per heavy atom. The summed E-state index contributed by atoms with van der Waals surface area (Å²) in [5, 5.41) is 0. The molecule has 0 aliphatic heterocycles. The normalized spacial score (nSPS) is 11.2. The van der Waals surface area contributed by atoms with Crippen molar-refractivity contribution in [1.29, 1.82) is 0 Å². The quantitative estimate of drug-likeness (QED) is 0.617. The first-order valence-electron chi connectivity index (χ1n) is 3.31. The van der Waals surface area contributed by atoms with Crippen molar-refractivity contribution in [3.8, 4) is 0 Å². The molecular formula is C8H17Cl3NTi. The molecule has 0 saturated heterocycles. The van der Waals surface area contributed by atoms with Crippen LogP contribution in [0.5, 0.6) is 0 Å². The molecular weight excluding hydrogens is 264 g/mol. The van der Waals surface area contributed by atoms with Crippen molar-refractivity contribution in [2.24, 2.45) is 0 Å². The minimum absolute atomic E-state index is 0. The van der Waals surface area contributed by atoms with Gasteiger partial charge in [0.25, 0.3) is 0 Å². The van der Waals surface area contributed by atoms with Crippen LogP contribution < -0.4 is 0 Å². The SMILES string of the molecule is CN(C)C.Cl.Cl.Cl.[Ti][C]1=CC=CC1. The van der Waals surface area contributed by atoms with E-state index in [-0.39, 0.29) is 37.2 Å². The molecule has 13 heavy (non-hydrogen) atoms. The molecule has 79 valence electrons. The maximum atomic E-state index is 2.16. The average molecular weight is 281 g/mol. The van der Waals surface area contributed by atoms with Gasteiger partial charge in [-0.3, -0.25) is 0 Å². The van der Waals surface area contributed by atoms with Gasteiger partial charge in [-0.15, -0.1) is 37.2 Å². The molecule has 1 nitrogen and oxygen atoms in total. The van der Waals surface area contributed by atoms with Gasteiger partial charge in [0, 0.05) is 0 Å². The fourth-order valence-corrected chi connectivity index (χ4v) is 0.782. The number of allylic oxidation sites excluding steroid dienone is 4. The van der Waals surface area contributed by atoms with Crippen LogP contribution in [0.25, 0.3) is 0 Å². The third kappa shape index (κ3) is 24.6. The van der Waals surface area contributed by atoms with Gasteiger partial charge in [-0.25, -0.2) is 0 Å². The number of rotatable bonds is 0. The van der Waals surface area contributed by atoms with Gasteiger partial charge in [0.05, 0.1) is 0 Å². The Morgan fingerprint density at radius 1 is 1.15 bits per heavy atom. The Bertz CT molecular complexity index is 144. The summed E-state index contributed by atoms with van der Waals surface area (Å²) in [4.78, 5) is 2.00. The average Bonchev–Trinajstić information content (AvgIpc) is 2.15. The Balaban J connectivity index is -0.0000000536. The van der Waals surface area contributed by atoms with E-state index in [9.17, 15) is 0 Å². The van der Waals surface area contributed by atoms with Gasteiger partial charge in [-0.1, -0.05) is 0 Å². The molecule has 1 aliphatic rings. The zero-order valence-electron chi connectivity index (χ0n) is 8.11. The van der Waals surface area contributed by atoms with Crippen LogP contribution in [0.4, 0.5) is 0 Å². The van der Waals surface area contributed by atoms with E-state index >= 15 is 0 Å². The molecule has 0 amide bonds. The van der Waals surface area contributed by atoms with E-state index in [2.05, 4.69) is 38.7 Å². The summed E-state index contributed by atoms with van der Waals surface area (Å²) in [6, 6.07) is 0. The summed E-state index contributed by atoms with van der Waals surface area (Å²) >= 11 is 2.14. The molecule has 0 N–H and O–H groups in total. The fraction of sp³-hybridized carbons (Fsp3) is 0.500. The molecule has 1 rings (SSSR count). The number of halogens is 3. The zero-order valence-corrected chi connectivity index (χ0v) is 12.1. The van der Waals surface area contributed by atoms with Crippen LogP contribution >= 0.6 is 37.2 Å².